The molecule has 3 rings (SSSR count). The van der Waals surface area contributed by atoms with Crippen molar-refractivity contribution in [3.8, 4) is 5.75 Å². The van der Waals surface area contributed by atoms with Crippen LogP contribution in [0.25, 0.3) is 0 Å². The lowest BCUT2D eigenvalue weighted by Crippen LogP contribution is -2.20. The minimum Gasteiger partial charge on any atom is -0.493 e. The van der Waals surface area contributed by atoms with E-state index in [-0.39, 0.29) is 6.04 Å². The first-order valence-corrected chi connectivity index (χ1v) is 8.45. The van der Waals surface area contributed by atoms with E-state index in [1.165, 1.54) is 20.3 Å². The maximum Gasteiger partial charge on any atom is 0.127 e. The summed E-state index contributed by atoms with van der Waals surface area (Å²) in [6.45, 7) is 2.88. The van der Waals surface area contributed by atoms with Gasteiger partial charge in [-0.25, -0.2) is 0 Å². The molecule has 0 amide bonds. The average Bonchev–Trinajstić information content (AvgIpc) is 2.92. The van der Waals surface area contributed by atoms with Gasteiger partial charge in [0.1, 0.15) is 5.75 Å². The highest BCUT2D eigenvalue weighted by Crippen LogP contribution is 2.39. The smallest absolute Gasteiger partial charge is 0.127 e. The number of rotatable bonds is 3. The van der Waals surface area contributed by atoms with E-state index in [0.717, 1.165) is 29.4 Å². The molecule has 0 spiro atoms. The molecule has 1 atom stereocenters. The standard InChI is InChI=1S/C17H17ClINO/c1-10-4-3-5-13(15(10)19)16(20-2)14-9-12(18)8-11-6-7-21-17(11)14/h3-5,8-9,16,20H,6-7H2,1-2H3. The van der Waals surface area contributed by atoms with Gasteiger partial charge >= 0.3 is 0 Å². The summed E-state index contributed by atoms with van der Waals surface area (Å²) < 4.78 is 7.14. The van der Waals surface area contributed by atoms with Gasteiger partial charge in [0, 0.05) is 20.6 Å². The van der Waals surface area contributed by atoms with Crippen molar-refractivity contribution in [2.24, 2.45) is 0 Å². The molecule has 21 heavy (non-hydrogen) atoms. The number of nitrogens with one attached hydrogen (secondary N) is 1. The molecule has 0 fully saturated rings. The van der Waals surface area contributed by atoms with Crippen LogP contribution in [0.3, 0.4) is 0 Å². The largest absolute Gasteiger partial charge is 0.493 e. The van der Waals surface area contributed by atoms with Gasteiger partial charge in [0.15, 0.2) is 0 Å². The molecule has 0 saturated heterocycles. The molecule has 4 heteroatoms. The van der Waals surface area contributed by atoms with Crippen LogP contribution in [0, 0.1) is 10.5 Å². The third-order valence-corrected chi connectivity index (χ3v) is 5.60. The Balaban J connectivity index is 2.15. The zero-order chi connectivity index (χ0) is 15.0. The number of benzene rings is 2. The van der Waals surface area contributed by atoms with Crippen molar-refractivity contribution >= 4 is 34.2 Å². The van der Waals surface area contributed by atoms with Crippen LogP contribution >= 0.6 is 34.2 Å². The van der Waals surface area contributed by atoms with Crippen molar-refractivity contribution in [2.45, 2.75) is 19.4 Å². The van der Waals surface area contributed by atoms with Crippen molar-refractivity contribution < 1.29 is 4.74 Å². The fourth-order valence-corrected chi connectivity index (χ4v) is 3.80. The lowest BCUT2D eigenvalue weighted by atomic mass is 9.95. The third-order valence-electron chi connectivity index (χ3n) is 3.91. The molecule has 2 aromatic rings. The van der Waals surface area contributed by atoms with E-state index in [1.807, 2.05) is 19.2 Å². The van der Waals surface area contributed by atoms with E-state index < -0.39 is 0 Å². The zero-order valence-electron chi connectivity index (χ0n) is 12.0. The van der Waals surface area contributed by atoms with Gasteiger partial charge < -0.3 is 10.1 Å². The highest BCUT2D eigenvalue weighted by atomic mass is 127. The molecule has 1 heterocycles. The summed E-state index contributed by atoms with van der Waals surface area (Å²) >= 11 is 8.72. The molecule has 0 aliphatic carbocycles. The fourth-order valence-electron chi connectivity index (χ4n) is 2.88. The summed E-state index contributed by atoms with van der Waals surface area (Å²) in [4.78, 5) is 0. The van der Waals surface area contributed by atoms with Crippen molar-refractivity contribution in [2.75, 3.05) is 13.7 Å². The lowest BCUT2D eigenvalue weighted by molar-refractivity contribution is 0.351. The van der Waals surface area contributed by atoms with Crippen LogP contribution in [0.2, 0.25) is 5.02 Å². The highest BCUT2D eigenvalue weighted by molar-refractivity contribution is 14.1. The fraction of sp³-hybridized carbons (Fsp3) is 0.294. The Morgan fingerprint density at radius 3 is 2.86 bits per heavy atom. The first-order chi connectivity index (χ1) is 10.1. The molecule has 1 N–H and O–H groups in total. The van der Waals surface area contributed by atoms with Crippen LogP contribution in [0.5, 0.6) is 5.75 Å². The summed E-state index contributed by atoms with van der Waals surface area (Å²) in [7, 11) is 1.98. The Morgan fingerprint density at radius 1 is 1.29 bits per heavy atom. The predicted octanol–water partition coefficient (Wildman–Crippen LogP) is 4.50. The second-order valence-corrected chi connectivity index (χ2v) is 6.80. The number of hydrogen-bond acceptors (Lipinski definition) is 2. The van der Waals surface area contributed by atoms with Gasteiger partial charge in [-0.1, -0.05) is 29.8 Å². The van der Waals surface area contributed by atoms with E-state index in [0.29, 0.717) is 0 Å². The van der Waals surface area contributed by atoms with Gasteiger partial charge in [-0.15, -0.1) is 0 Å². The number of hydrogen-bond donors (Lipinski definition) is 1. The normalized spacial score (nSPS) is 14.7. The Bertz CT molecular complexity index is 687. The van der Waals surface area contributed by atoms with Crippen LogP contribution in [0.15, 0.2) is 30.3 Å². The Kier molecular flexibility index (Phi) is 4.43. The van der Waals surface area contributed by atoms with E-state index in [2.05, 4.69) is 53.0 Å². The molecule has 2 nitrogen and oxygen atoms in total. The van der Waals surface area contributed by atoms with Gasteiger partial charge in [-0.3, -0.25) is 0 Å². The van der Waals surface area contributed by atoms with Crippen molar-refractivity contribution in [1.29, 1.82) is 0 Å². The SMILES string of the molecule is CNC(c1cccc(C)c1I)c1cc(Cl)cc2c1OCC2. The number of fused-ring (bicyclic) bond motifs is 1. The van der Waals surface area contributed by atoms with Crippen molar-refractivity contribution in [1.82, 2.24) is 5.32 Å². The second kappa shape index (κ2) is 6.15. The summed E-state index contributed by atoms with van der Waals surface area (Å²) in [5.41, 5.74) is 4.88. The maximum atomic E-state index is 6.30. The second-order valence-electron chi connectivity index (χ2n) is 5.28. The molecule has 0 radical (unpaired) electrons. The monoisotopic (exact) mass is 413 g/mol. The summed E-state index contributed by atoms with van der Waals surface area (Å²) in [6, 6.07) is 10.5. The molecule has 0 bridgehead atoms. The molecule has 1 unspecified atom stereocenters. The van der Waals surface area contributed by atoms with Crippen molar-refractivity contribution in [3.05, 3.63) is 61.2 Å². The number of aryl methyl sites for hydroxylation is 1. The zero-order valence-corrected chi connectivity index (χ0v) is 15.0. The van der Waals surface area contributed by atoms with Crippen LogP contribution in [-0.4, -0.2) is 13.7 Å². The Hall–Kier alpha value is -0.780. The van der Waals surface area contributed by atoms with Crippen LogP contribution in [0.4, 0.5) is 0 Å². The third kappa shape index (κ3) is 2.79. The van der Waals surface area contributed by atoms with E-state index in [1.54, 1.807) is 0 Å². The molecular weight excluding hydrogens is 397 g/mol. The van der Waals surface area contributed by atoms with Gasteiger partial charge in [0.05, 0.1) is 12.6 Å². The van der Waals surface area contributed by atoms with Crippen LogP contribution < -0.4 is 10.1 Å². The van der Waals surface area contributed by atoms with E-state index >= 15 is 0 Å². The van der Waals surface area contributed by atoms with E-state index in [9.17, 15) is 0 Å². The maximum absolute atomic E-state index is 6.30. The Morgan fingerprint density at radius 2 is 2.10 bits per heavy atom. The number of halogens is 2. The average molecular weight is 414 g/mol. The molecular formula is C17H17ClINO. The lowest BCUT2D eigenvalue weighted by Gasteiger charge is -2.22. The molecule has 1 aliphatic rings. The summed E-state index contributed by atoms with van der Waals surface area (Å²) in [5.74, 6) is 0.996. The molecule has 0 aromatic heterocycles. The van der Waals surface area contributed by atoms with Gasteiger partial charge in [-0.2, -0.15) is 0 Å². The van der Waals surface area contributed by atoms with Gasteiger partial charge in [0.25, 0.3) is 0 Å². The van der Waals surface area contributed by atoms with Crippen LogP contribution in [0.1, 0.15) is 28.3 Å². The van der Waals surface area contributed by atoms with Gasteiger partial charge in [-0.05, 0) is 65.4 Å². The predicted molar refractivity (Wildman–Crippen MR) is 95.4 cm³/mol. The van der Waals surface area contributed by atoms with Crippen LogP contribution in [-0.2, 0) is 6.42 Å². The first-order valence-electron chi connectivity index (χ1n) is 6.99. The minimum absolute atomic E-state index is 0.0855. The topological polar surface area (TPSA) is 21.3 Å². The first kappa shape index (κ1) is 15.1. The molecule has 1 aliphatic heterocycles. The van der Waals surface area contributed by atoms with E-state index in [4.69, 9.17) is 16.3 Å². The molecule has 2 aromatic carbocycles. The summed E-state index contributed by atoms with van der Waals surface area (Å²) in [6.07, 6.45) is 0.935. The minimum atomic E-state index is 0.0855. The molecule has 110 valence electrons. The van der Waals surface area contributed by atoms with Crippen molar-refractivity contribution in [3.63, 3.8) is 0 Å². The molecule has 0 saturated carbocycles. The Labute approximate surface area is 144 Å². The number of ether oxygens (including phenoxy) is 1. The quantitative estimate of drug-likeness (QED) is 0.748. The highest BCUT2D eigenvalue weighted by Gasteiger charge is 2.25. The summed E-state index contributed by atoms with van der Waals surface area (Å²) in [5, 5.41) is 4.19. The van der Waals surface area contributed by atoms with Gasteiger partial charge in [0.2, 0.25) is 0 Å².